The molecule has 1 saturated carbocycles. The SMILES string of the molecule is Cc1cc(NC(=O)c2ccc(NS(=O)(=O)[C@@H]3CCOC3)cc2N2CCC3(CC2)CC3)nc(N2CCC(F)(F)CC2)n1. The van der Waals surface area contributed by atoms with Crippen molar-refractivity contribution >= 4 is 39.1 Å². The van der Waals surface area contributed by atoms with Crippen molar-refractivity contribution < 1.29 is 26.7 Å². The normalized spacial score (nSPS) is 23.4. The molecule has 1 aromatic heterocycles. The van der Waals surface area contributed by atoms with Crippen molar-refractivity contribution in [2.45, 2.75) is 63.0 Å². The number of anilines is 4. The van der Waals surface area contributed by atoms with Gasteiger partial charge in [0.15, 0.2) is 0 Å². The Morgan fingerprint density at radius 3 is 2.37 bits per heavy atom. The molecule has 6 rings (SSSR count). The van der Waals surface area contributed by atoms with Crippen molar-refractivity contribution in [1.29, 1.82) is 0 Å². The second kappa shape index (κ2) is 10.6. The number of aromatic nitrogens is 2. The Kier molecular flexibility index (Phi) is 7.29. The van der Waals surface area contributed by atoms with E-state index in [1.165, 1.54) is 12.8 Å². The molecule has 3 aliphatic heterocycles. The molecule has 4 heterocycles. The number of hydrogen-bond acceptors (Lipinski definition) is 8. The zero-order valence-electron chi connectivity index (χ0n) is 23.2. The lowest BCUT2D eigenvalue weighted by molar-refractivity contribution is -0.0222. The average molecular weight is 591 g/mol. The highest BCUT2D eigenvalue weighted by Gasteiger charge is 2.44. The summed E-state index contributed by atoms with van der Waals surface area (Å²) in [5, 5.41) is 2.26. The fourth-order valence-corrected chi connectivity index (χ4v) is 7.23. The standard InChI is InChI=1S/C28H36F2N6O4S/c1-19-16-24(33-26(31-19)36-13-9-28(29,30)10-14-36)32-25(37)22-3-2-20(34-41(38,39)21-4-15-40-18-21)17-23(22)35-11-7-27(5-6-27)8-12-35/h2-3,16-17,21,34H,4-15,18H2,1H3,(H,31,32,33,37)/t21-/m1/s1. The van der Waals surface area contributed by atoms with Gasteiger partial charge in [0, 0.05) is 57.4 Å². The lowest BCUT2D eigenvalue weighted by Gasteiger charge is -2.35. The van der Waals surface area contributed by atoms with Crippen molar-refractivity contribution in [2.75, 3.05) is 59.2 Å². The molecule has 3 saturated heterocycles. The molecular weight excluding hydrogens is 554 g/mol. The maximum absolute atomic E-state index is 13.7. The van der Waals surface area contributed by atoms with Gasteiger partial charge in [-0.15, -0.1) is 0 Å². The highest BCUT2D eigenvalue weighted by atomic mass is 32.2. The minimum Gasteiger partial charge on any atom is -0.380 e. The number of carbonyl (C=O) groups excluding carboxylic acids is 1. The van der Waals surface area contributed by atoms with Crippen LogP contribution in [0.15, 0.2) is 24.3 Å². The monoisotopic (exact) mass is 590 g/mol. The summed E-state index contributed by atoms with van der Waals surface area (Å²) in [7, 11) is -3.64. The Morgan fingerprint density at radius 2 is 1.71 bits per heavy atom. The van der Waals surface area contributed by atoms with Crippen LogP contribution in [0, 0.1) is 12.3 Å². The van der Waals surface area contributed by atoms with Crippen LogP contribution in [0.4, 0.5) is 31.9 Å². The Labute approximate surface area is 238 Å². The molecule has 1 aliphatic carbocycles. The summed E-state index contributed by atoms with van der Waals surface area (Å²) in [5.74, 6) is -2.49. The van der Waals surface area contributed by atoms with E-state index in [0.717, 1.165) is 25.9 Å². The van der Waals surface area contributed by atoms with Gasteiger partial charge in [0.1, 0.15) is 11.1 Å². The van der Waals surface area contributed by atoms with E-state index >= 15 is 0 Å². The predicted molar refractivity (Wildman–Crippen MR) is 152 cm³/mol. The van der Waals surface area contributed by atoms with E-state index in [-0.39, 0.29) is 44.3 Å². The lowest BCUT2D eigenvalue weighted by atomic mass is 9.93. The van der Waals surface area contributed by atoms with Gasteiger partial charge in [-0.25, -0.2) is 22.2 Å². The molecular formula is C28H36F2N6O4S. The molecule has 4 fully saturated rings. The summed E-state index contributed by atoms with van der Waals surface area (Å²) < 4.78 is 61.2. The third-order valence-electron chi connectivity index (χ3n) is 8.81. The number of nitrogens with one attached hydrogen (secondary N) is 2. The van der Waals surface area contributed by atoms with Gasteiger partial charge in [0.05, 0.1) is 23.5 Å². The van der Waals surface area contributed by atoms with Gasteiger partial charge in [-0.3, -0.25) is 9.52 Å². The first-order valence-corrected chi connectivity index (χ1v) is 15.8. The van der Waals surface area contributed by atoms with Crippen molar-refractivity contribution in [2.24, 2.45) is 5.41 Å². The number of aryl methyl sites for hydroxylation is 1. The molecule has 1 aromatic carbocycles. The van der Waals surface area contributed by atoms with Crippen LogP contribution >= 0.6 is 0 Å². The Hall–Kier alpha value is -3.06. The first-order chi connectivity index (χ1) is 19.5. The van der Waals surface area contributed by atoms with E-state index in [4.69, 9.17) is 4.74 Å². The lowest BCUT2D eigenvalue weighted by Crippen LogP contribution is -2.40. The number of ether oxygens (including phenoxy) is 1. The van der Waals surface area contributed by atoms with Crippen molar-refractivity contribution in [3.8, 4) is 0 Å². The van der Waals surface area contributed by atoms with Gasteiger partial charge in [-0.1, -0.05) is 0 Å². The molecule has 1 atom stereocenters. The van der Waals surface area contributed by atoms with E-state index in [2.05, 4.69) is 24.9 Å². The Morgan fingerprint density at radius 1 is 1.00 bits per heavy atom. The molecule has 0 radical (unpaired) electrons. The van der Waals surface area contributed by atoms with Crippen LogP contribution in [-0.2, 0) is 14.8 Å². The summed E-state index contributed by atoms with van der Waals surface area (Å²) in [6.45, 7) is 4.18. The quantitative estimate of drug-likeness (QED) is 0.493. The number of piperidine rings is 2. The van der Waals surface area contributed by atoms with Gasteiger partial charge in [-0.2, -0.15) is 4.98 Å². The van der Waals surface area contributed by atoms with E-state index in [0.29, 0.717) is 47.0 Å². The second-order valence-electron chi connectivity index (χ2n) is 11.8. The number of carbonyl (C=O) groups is 1. The molecule has 10 nitrogen and oxygen atoms in total. The Balaban J connectivity index is 1.24. The van der Waals surface area contributed by atoms with Crippen molar-refractivity contribution in [3.63, 3.8) is 0 Å². The molecule has 1 amide bonds. The number of amides is 1. The highest BCUT2D eigenvalue weighted by Crippen LogP contribution is 2.54. The number of sulfonamides is 1. The van der Waals surface area contributed by atoms with Crippen molar-refractivity contribution in [1.82, 2.24) is 9.97 Å². The third kappa shape index (κ3) is 6.25. The van der Waals surface area contributed by atoms with E-state index in [1.54, 1.807) is 36.1 Å². The van der Waals surface area contributed by atoms with Crippen LogP contribution in [-0.4, -0.2) is 74.9 Å². The molecule has 0 bridgehead atoms. The van der Waals surface area contributed by atoms with E-state index < -0.39 is 21.2 Å². The number of alkyl halides is 2. The first-order valence-electron chi connectivity index (χ1n) is 14.3. The largest absolute Gasteiger partial charge is 0.380 e. The number of halogens is 2. The third-order valence-corrected chi connectivity index (χ3v) is 10.6. The maximum atomic E-state index is 13.7. The van der Waals surface area contributed by atoms with Crippen LogP contribution in [0.25, 0.3) is 0 Å². The summed E-state index contributed by atoms with van der Waals surface area (Å²) in [5.41, 5.74) is 2.49. The molecule has 2 N–H and O–H groups in total. The van der Waals surface area contributed by atoms with Crippen LogP contribution in [0.5, 0.6) is 0 Å². The zero-order chi connectivity index (χ0) is 28.8. The van der Waals surface area contributed by atoms with Crippen LogP contribution < -0.4 is 19.8 Å². The zero-order valence-corrected chi connectivity index (χ0v) is 24.0. The molecule has 1 spiro atoms. The number of hydrogen-bond donors (Lipinski definition) is 2. The summed E-state index contributed by atoms with van der Waals surface area (Å²) in [4.78, 5) is 26.4. The van der Waals surface area contributed by atoms with E-state index in [1.807, 2.05) is 0 Å². The summed E-state index contributed by atoms with van der Waals surface area (Å²) in [6.07, 6.45) is 4.45. The second-order valence-corrected chi connectivity index (χ2v) is 13.8. The highest BCUT2D eigenvalue weighted by molar-refractivity contribution is 7.93. The van der Waals surface area contributed by atoms with Gasteiger partial charge in [-0.05, 0) is 62.6 Å². The Bertz CT molecular complexity index is 1410. The van der Waals surface area contributed by atoms with Gasteiger partial charge < -0.3 is 19.9 Å². The minimum absolute atomic E-state index is 0.134. The molecule has 2 aromatic rings. The van der Waals surface area contributed by atoms with Crippen LogP contribution in [0.3, 0.4) is 0 Å². The van der Waals surface area contributed by atoms with Crippen LogP contribution in [0.1, 0.15) is 61.0 Å². The fourth-order valence-electron chi connectivity index (χ4n) is 5.93. The average Bonchev–Trinajstić information content (AvgIpc) is 3.42. The summed E-state index contributed by atoms with van der Waals surface area (Å²) >= 11 is 0. The number of benzene rings is 1. The van der Waals surface area contributed by atoms with Gasteiger partial charge >= 0.3 is 0 Å². The summed E-state index contributed by atoms with van der Waals surface area (Å²) in [6, 6.07) is 6.61. The van der Waals surface area contributed by atoms with Gasteiger partial charge in [0.25, 0.3) is 11.8 Å². The smallest absolute Gasteiger partial charge is 0.258 e. The minimum atomic E-state index is -3.64. The molecule has 0 unspecified atom stereocenters. The fraction of sp³-hybridized carbons (Fsp3) is 0.607. The van der Waals surface area contributed by atoms with Crippen molar-refractivity contribution in [3.05, 3.63) is 35.5 Å². The number of rotatable bonds is 7. The predicted octanol–water partition coefficient (Wildman–Crippen LogP) is 4.18. The van der Waals surface area contributed by atoms with E-state index in [9.17, 15) is 22.0 Å². The van der Waals surface area contributed by atoms with Crippen LogP contribution in [0.2, 0.25) is 0 Å². The maximum Gasteiger partial charge on any atom is 0.258 e. The molecule has 4 aliphatic rings. The molecule has 222 valence electrons. The molecule has 13 heteroatoms. The number of nitrogens with zero attached hydrogens (tertiary/aromatic N) is 4. The first kappa shape index (κ1) is 28.1. The topological polar surface area (TPSA) is 117 Å². The van der Waals surface area contributed by atoms with Gasteiger partial charge in [0.2, 0.25) is 16.0 Å². The molecule has 41 heavy (non-hydrogen) atoms.